The first-order valence-corrected chi connectivity index (χ1v) is 5.05. The van der Waals surface area contributed by atoms with E-state index in [1.165, 1.54) is 19.3 Å². The number of thiocarbonyl (C=S) groups is 1. The lowest BCUT2D eigenvalue weighted by Gasteiger charge is -2.38. The highest BCUT2D eigenvalue weighted by atomic mass is 32.2. The van der Waals surface area contributed by atoms with Crippen molar-refractivity contribution in [1.82, 2.24) is 0 Å². The molecule has 0 aliphatic heterocycles. The second-order valence-corrected chi connectivity index (χ2v) is 4.11. The Labute approximate surface area is 71.3 Å². The van der Waals surface area contributed by atoms with Crippen LogP contribution in [0.3, 0.4) is 0 Å². The second kappa shape index (κ2) is 3.51. The topological polar surface area (TPSA) is 12.4 Å². The summed E-state index contributed by atoms with van der Waals surface area (Å²) in [6.45, 7) is 0.873. The van der Waals surface area contributed by atoms with Gasteiger partial charge in [0.25, 0.3) is 0 Å². The van der Waals surface area contributed by atoms with Crippen LogP contribution in [0.5, 0.6) is 0 Å². The fourth-order valence-corrected chi connectivity index (χ4v) is 2.13. The molecule has 1 fully saturated rings. The van der Waals surface area contributed by atoms with Gasteiger partial charge in [0.05, 0.1) is 11.7 Å². The molecule has 1 aliphatic carbocycles. The summed E-state index contributed by atoms with van der Waals surface area (Å²) in [5.74, 6) is 0. The molecule has 0 aromatic carbocycles. The number of hydrogen-bond acceptors (Lipinski definition) is 3. The van der Waals surface area contributed by atoms with Crippen LogP contribution in [0.15, 0.2) is 4.99 Å². The Bertz CT molecular complexity index is 151. The van der Waals surface area contributed by atoms with E-state index in [2.05, 4.69) is 28.6 Å². The van der Waals surface area contributed by atoms with Gasteiger partial charge in [-0.05, 0) is 31.3 Å². The zero-order valence-corrected chi connectivity index (χ0v) is 7.73. The highest BCUT2D eigenvalue weighted by molar-refractivity contribution is 8.00. The lowest BCUT2D eigenvalue weighted by Crippen LogP contribution is -2.36. The molecule has 0 saturated heterocycles. The molecule has 3 heteroatoms. The molecule has 0 amide bonds. The number of thioether (sulfide) groups is 1. The molecule has 1 rings (SSSR count). The molecule has 1 saturated carbocycles. The van der Waals surface area contributed by atoms with Crippen molar-refractivity contribution < 1.29 is 0 Å². The van der Waals surface area contributed by atoms with Crippen molar-refractivity contribution in [3.8, 4) is 0 Å². The van der Waals surface area contributed by atoms with E-state index in [1.807, 2.05) is 11.8 Å². The number of isothiocyanates is 1. The molecular weight excluding hydrogens is 162 g/mol. The van der Waals surface area contributed by atoms with Crippen molar-refractivity contribution in [2.45, 2.75) is 24.0 Å². The fraction of sp³-hybridized carbons (Fsp3) is 0.857. The van der Waals surface area contributed by atoms with Crippen LogP contribution in [0.25, 0.3) is 0 Å². The molecule has 0 bridgehead atoms. The molecule has 0 unspecified atom stereocenters. The van der Waals surface area contributed by atoms with Gasteiger partial charge in [0.1, 0.15) is 0 Å². The molecule has 0 atom stereocenters. The Morgan fingerprint density at radius 1 is 1.70 bits per heavy atom. The maximum absolute atomic E-state index is 4.51. The standard InChI is InChI=1S/C7H11NS2/c1-10-7(3-2-4-7)5-8-6-9/h2-5H2,1H3. The Morgan fingerprint density at radius 3 is 2.70 bits per heavy atom. The van der Waals surface area contributed by atoms with E-state index in [9.17, 15) is 0 Å². The smallest absolute Gasteiger partial charge is 0.0639 e. The van der Waals surface area contributed by atoms with Gasteiger partial charge in [0, 0.05) is 4.75 Å². The highest BCUT2D eigenvalue weighted by Gasteiger charge is 2.35. The zero-order valence-electron chi connectivity index (χ0n) is 6.09. The van der Waals surface area contributed by atoms with E-state index in [0.717, 1.165) is 6.54 Å². The third-order valence-corrected chi connectivity index (χ3v) is 3.66. The molecule has 10 heavy (non-hydrogen) atoms. The number of hydrogen-bond donors (Lipinski definition) is 0. The summed E-state index contributed by atoms with van der Waals surface area (Å²) in [7, 11) is 0. The summed E-state index contributed by atoms with van der Waals surface area (Å²) in [4.78, 5) is 3.98. The normalized spacial score (nSPS) is 20.9. The van der Waals surface area contributed by atoms with Crippen LogP contribution in [0, 0.1) is 0 Å². The van der Waals surface area contributed by atoms with Crippen LogP contribution < -0.4 is 0 Å². The maximum Gasteiger partial charge on any atom is 0.0639 e. The minimum Gasteiger partial charge on any atom is -0.231 e. The van der Waals surface area contributed by atoms with Gasteiger partial charge in [-0.3, -0.25) is 0 Å². The van der Waals surface area contributed by atoms with E-state index < -0.39 is 0 Å². The quantitative estimate of drug-likeness (QED) is 0.480. The molecular formula is C7H11NS2. The first kappa shape index (κ1) is 8.25. The Kier molecular flexibility index (Phi) is 2.90. The van der Waals surface area contributed by atoms with Crippen molar-refractivity contribution in [3.63, 3.8) is 0 Å². The SMILES string of the molecule is CSC1(CN=C=S)CCC1. The van der Waals surface area contributed by atoms with Gasteiger partial charge in [-0.1, -0.05) is 6.42 Å². The van der Waals surface area contributed by atoms with Crippen LogP contribution >= 0.6 is 24.0 Å². The van der Waals surface area contributed by atoms with Crippen molar-refractivity contribution in [2.75, 3.05) is 12.8 Å². The number of aliphatic imine (C=N–C) groups is 1. The molecule has 0 N–H and O–H groups in total. The predicted octanol–water partition coefficient (Wildman–Crippen LogP) is 2.37. The van der Waals surface area contributed by atoms with Crippen LogP contribution in [-0.4, -0.2) is 22.7 Å². The third kappa shape index (κ3) is 1.60. The maximum atomic E-state index is 4.51. The Hall–Kier alpha value is 0.150. The van der Waals surface area contributed by atoms with Crippen molar-refractivity contribution >= 4 is 29.1 Å². The largest absolute Gasteiger partial charge is 0.231 e. The van der Waals surface area contributed by atoms with Gasteiger partial charge >= 0.3 is 0 Å². The predicted molar refractivity (Wildman–Crippen MR) is 50.0 cm³/mol. The lowest BCUT2D eigenvalue weighted by atomic mass is 9.84. The molecule has 0 heterocycles. The first-order valence-electron chi connectivity index (χ1n) is 3.42. The van der Waals surface area contributed by atoms with Crippen LogP contribution in [0.1, 0.15) is 19.3 Å². The van der Waals surface area contributed by atoms with Crippen LogP contribution in [0.4, 0.5) is 0 Å². The van der Waals surface area contributed by atoms with Crippen LogP contribution in [-0.2, 0) is 0 Å². The van der Waals surface area contributed by atoms with E-state index in [0.29, 0.717) is 4.75 Å². The molecule has 1 aliphatic rings. The fourth-order valence-electron chi connectivity index (χ4n) is 1.17. The van der Waals surface area contributed by atoms with Gasteiger partial charge in [-0.15, -0.1) is 0 Å². The molecule has 56 valence electrons. The lowest BCUT2D eigenvalue weighted by molar-refractivity contribution is 0.373. The Morgan fingerprint density at radius 2 is 2.40 bits per heavy atom. The third-order valence-electron chi connectivity index (χ3n) is 2.13. The first-order chi connectivity index (χ1) is 4.83. The average molecular weight is 173 g/mol. The summed E-state index contributed by atoms with van der Waals surface area (Å²) in [5, 5.41) is 2.42. The van der Waals surface area contributed by atoms with Crippen molar-refractivity contribution in [3.05, 3.63) is 0 Å². The number of nitrogens with zero attached hydrogens (tertiary/aromatic N) is 1. The summed E-state index contributed by atoms with van der Waals surface area (Å²) >= 11 is 6.43. The molecule has 1 nitrogen and oxygen atoms in total. The zero-order chi connectivity index (χ0) is 7.45. The van der Waals surface area contributed by atoms with Crippen molar-refractivity contribution in [1.29, 1.82) is 0 Å². The Balaban J connectivity index is 2.40. The van der Waals surface area contributed by atoms with E-state index >= 15 is 0 Å². The molecule has 0 spiro atoms. The van der Waals surface area contributed by atoms with E-state index in [4.69, 9.17) is 0 Å². The molecule has 0 radical (unpaired) electrons. The summed E-state index contributed by atoms with van der Waals surface area (Å²) < 4.78 is 0.436. The van der Waals surface area contributed by atoms with Crippen molar-refractivity contribution in [2.24, 2.45) is 4.99 Å². The van der Waals surface area contributed by atoms with Crippen LogP contribution in [0.2, 0.25) is 0 Å². The van der Waals surface area contributed by atoms with Gasteiger partial charge in [-0.25, -0.2) is 4.99 Å². The van der Waals surface area contributed by atoms with E-state index in [1.54, 1.807) is 0 Å². The van der Waals surface area contributed by atoms with Gasteiger partial charge in [0.15, 0.2) is 0 Å². The summed E-state index contributed by atoms with van der Waals surface area (Å²) in [5.41, 5.74) is 0. The highest BCUT2D eigenvalue weighted by Crippen LogP contribution is 2.42. The van der Waals surface area contributed by atoms with Gasteiger partial charge < -0.3 is 0 Å². The minimum atomic E-state index is 0.436. The summed E-state index contributed by atoms with van der Waals surface area (Å²) in [6, 6.07) is 0. The van der Waals surface area contributed by atoms with Gasteiger partial charge in [-0.2, -0.15) is 11.8 Å². The molecule has 0 aromatic heterocycles. The van der Waals surface area contributed by atoms with E-state index in [-0.39, 0.29) is 0 Å². The monoisotopic (exact) mass is 173 g/mol. The minimum absolute atomic E-state index is 0.436. The number of rotatable bonds is 3. The van der Waals surface area contributed by atoms with Gasteiger partial charge in [0.2, 0.25) is 0 Å². The molecule has 0 aromatic rings. The average Bonchev–Trinajstić information content (AvgIpc) is 1.87. The second-order valence-electron chi connectivity index (χ2n) is 2.65. The summed E-state index contributed by atoms with van der Waals surface area (Å²) in [6.07, 6.45) is 6.11.